The number of nitrogens with zero attached hydrogens (tertiary/aromatic N) is 3. The molecule has 3 aromatic rings. The van der Waals surface area contributed by atoms with Crippen LogP contribution >= 0.6 is 22.9 Å². The number of rotatable bonds is 6. The van der Waals surface area contributed by atoms with E-state index in [2.05, 4.69) is 38.9 Å². The summed E-state index contributed by atoms with van der Waals surface area (Å²) < 4.78 is 74.4. The van der Waals surface area contributed by atoms with E-state index >= 15 is 4.39 Å². The lowest BCUT2D eigenvalue weighted by molar-refractivity contribution is -0.192. The first kappa shape index (κ1) is 30.0. The molecule has 0 radical (unpaired) electrons. The quantitative estimate of drug-likeness (QED) is 0.348. The van der Waals surface area contributed by atoms with E-state index in [0.29, 0.717) is 11.7 Å². The van der Waals surface area contributed by atoms with E-state index in [1.807, 2.05) is 11.9 Å². The molecule has 1 saturated heterocycles. The molecule has 1 aliphatic carbocycles. The number of aryl methyl sites for hydroxylation is 1. The third-order valence-electron chi connectivity index (χ3n) is 6.89. The molecule has 1 fully saturated rings. The smallest absolute Gasteiger partial charge is 0.475 e. The molecule has 15 heteroatoms. The van der Waals surface area contributed by atoms with Crippen LogP contribution in [-0.2, 0) is 21.2 Å². The van der Waals surface area contributed by atoms with E-state index in [-0.39, 0.29) is 16.9 Å². The molecule has 2 heterocycles. The van der Waals surface area contributed by atoms with Crippen LogP contribution in [0.2, 0.25) is 5.02 Å². The van der Waals surface area contributed by atoms with Crippen LogP contribution in [-0.4, -0.2) is 61.7 Å². The molecule has 216 valence electrons. The predicted octanol–water partition coefficient (Wildman–Crippen LogP) is 5.57. The van der Waals surface area contributed by atoms with Crippen LogP contribution < -0.4 is 9.62 Å². The maximum atomic E-state index is 15.1. The van der Waals surface area contributed by atoms with Crippen LogP contribution in [0.15, 0.2) is 52.2 Å². The Hall–Kier alpha value is -2.94. The third kappa shape index (κ3) is 6.51. The van der Waals surface area contributed by atoms with Crippen LogP contribution in [0.3, 0.4) is 0 Å². The molecule has 0 bridgehead atoms. The Balaban J connectivity index is 0.000000470. The van der Waals surface area contributed by atoms with Crippen molar-refractivity contribution in [2.75, 3.05) is 29.8 Å². The van der Waals surface area contributed by atoms with Crippen molar-refractivity contribution in [1.29, 1.82) is 0 Å². The second-order valence-corrected chi connectivity index (χ2v) is 12.0. The summed E-state index contributed by atoms with van der Waals surface area (Å²) in [5, 5.41) is 8.47. The number of nitrogens with one attached hydrogen (secondary N) is 1. The van der Waals surface area contributed by atoms with Crippen LogP contribution in [0.1, 0.15) is 30.0 Å². The molecule has 8 nitrogen and oxygen atoms in total. The van der Waals surface area contributed by atoms with Crippen LogP contribution in [0.25, 0.3) is 0 Å². The second-order valence-electron chi connectivity index (χ2n) is 9.29. The maximum Gasteiger partial charge on any atom is 0.490 e. The average molecular weight is 621 g/mol. The van der Waals surface area contributed by atoms with Gasteiger partial charge >= 0.3 is 12.1 Å². The number of sulfonamides is 1. The van der Waals surface area contributed by atoms with E-state index in [4.69, 9.17) is 21.5 Å². The SMILES string of the molecule is CN(c1ccc(S(=O)(=O)Nc2cscn2)c(F)c1Cl)[C@H]1CCN([C@H]2CCc3ccccc32)C1.O=C(O)C(F)(F)F. The fraction of sp³-hybridized carbons (Fsp3) is 0.360. The van der Waals surface area contributed by atoms with Gasteiger partial charge < -0.3 is 10.0 Å². The first-order chi connectivity index (χ1) is 18.8. The molecule has 2 atom stereocenters. The van der Waals surface area contributed by atoms with Crippen LogP contribution in [0, 0.1) is 5.82 Å². The van der Waals surface area contributed by atoms with Crippen molar-refractivity contribution in [3.05, 3.63) is 69.3 Å². The minimum Gasteiger partial charge on any atom is -0.475 e. The number of carboxylic acid groups (broad SMARTS) is 1. The highest BCUT2D eigenvalue weighted by molar-refractivity contribution is 7.92. The zero-order valence-electron chi connectivity index (χ0n) is 21.0. The fourth-order valence-corrected chi connectivity index (χ4v) is 6.93. The van der Waals surface area contributed by atoms with Crippen molar-refractivity contribution in [2.45, 2.75) is 42.4 Å². The summed E-state index contributed by atoms with van der Waals surface area (Å²) >= 11 is 7.59. The number of halogens is 5. The molecule has 1 aliphatic heterocycles. The van der Waals surface area contributed by atoms with E-state index < -0.39 is 32.9 Å². The number of likely N-dealkylation sites (tertiary alicyclic amines) is 1. The molecule has 2 aromatic carbocycles. The summed E-state index contributed by atoms with van der Waals surface area (Å²) in [6.45, 7) is 1.80. The van der Waals surface area contributed by atoms with Gasteiger partial charge in [0.05, 0.1) is 11.2 Å². The zero-order valence-corrected chi connectivity index (χ0v) is 23.4. The number of carbonyl (C=O) groups is 1. The normalized spacial score (nSPS) is 19.1. The van der Waals surface area contributed by atoms with E-state index in [0.717, 1.165) is 32.4 Å². The van der Waals surface area contributed by atoms with E-state index in [1.165, 1.54) is 39.4 Å². The molecular weight excluding hydrogens is 596 g/mol. The molecule has 40 heavy (non-hydrogen) atoms. The highest BCUT2D eigenvalue weighted by Gasteiger charge is 2.38. The lowest BCUT2D eigenvalue weighted by atomic mass is 10.1. The molecule has 1 aromatic heterocycles. The minimum absolute atomic E-state index is 0.149. The predicted molar refractivity (Wildman–Crippen MR) is 144 cm³/mol. The highest BCUT2D eigenvalue weighted by atomic mass is 35.5. The third-order valence-corrected chi connectivity index (χ3v) is 9.21. The van der Waals surface area contributed by atoms with Crippen LogP contribution in [0.5, 0.6) is 0 Å². The topological polar surface area (TPSA) is 103 Å². The summed E-state index contributed by atoms with van der Waals surface area (Å²) in [5.41, 5.74) is 4.81. The van der Waals surface area contributed by atoms with E-state index in [1.54, 1.807) is 6.07 Å². The van der Waals surface area contributed by atoms with Gasteiger partial charge in [0.15, 0.2) is 11.6 Å². The molecule has 2 N–H and O–H groups in total. The first-order valence-corrected chi connectivity index (χ1v) is 14.8. The summed E-state index contributed by atoms with van der Waals surface area (Å²) in [6.07, 6.45) is -1.94. The van der Waals surface area contributed by atoms with Gasteiger partial charge in [0.1, 0.15) is 9.92 Å². The number of hydrogen-bond donors (Lipinski definition) is 2. The molecule has 5 rings (SSSR count). The van der Waals surface area contributed by atoms with Gasteiger partial charge in [-0.2, -0.15) is 13.2 Å². The van der Waals surface area contributed by atoms with Gasteiger partial charge in [0.25, 0.3) is 10.0 Å². The lowest BCUT2D eigenvalue weighted by Crippen LogP contribution is -2.35. The fourth-order valence-electron chi connectivity index (χ4n) is 4.94. The summed E-state index contributed by atoms with van der Waals surface area (Å²) in [7, 11) is -2.25. The van der Waals surface area contributed by atoms with Gasteiger partial charge in [-0.05, 0) is 42.5 Å². The number of carboxylic acids is 1. The highest BCUT2D eigenvalue weighted by Crippen LogP contribution is 2.39. The van der Waals surface area contributed by atoms with Gasteiger partial charge in [-0.15, -0.1) is 11.3 Å². The second kappa shape index (κ2) is 11.9. The van der Waals surface area contributed by atoms with E-state index in [9.17, 15) is 21.6 Å². The summed E-state index contributed by atoms with van der Waals surface area (Å²) in [5.74, 6) is -3.56. The molecule has 0 spiro atoms. The first-order valence-electron chi connectivity index (χ1n) is 12.0. The van der Waals surface area contributed by atoms with Gasteiger partial charge in [0.2, 0.25) is 0 Å². The number of aromatic nitrogens is 1. The minimum atomic E-state index is -5.08. The van der Waals surface area contributed by atoms with Crippen molar-refractivity contribution in [1.82, 2.24) is 9.88 Å². The number of thiazole rings is 1. The number of fused-ring (bicyclic) bond motifs is 1. The van der Waals surface area contributed by atoms with Crippen molar-refractivity contribution >= 4 is 50.4 Å². The van der Waals surface area contributed by atoms with Crippen molar-refractivity contribution in [2.24, 2.45) is 0 Å². The maximum absolute atomic E-state index is 15.1. The Bertz CT molecular complexity index is 1470. The molecule has 0 amide bonds. The molecule has 0 unspecified atom stereocenters. The number of anilines is 2. The number of benzene rings is 2. The van der Waals surface area contributed by atoms with Gasteiger partial charge in [-0.25, -0.2) is 22.6 Å². The Morgan fingerprint density at radius 1 is 1.23 bits per heavy atom. The number of hydrogen-bond acceptors (Lipinski definition) is 7. The zero-order chi connectivity index (χ0) is 29.2. The Morgan fingerprint density at radius 3 is 2.58 bits per heavy atom. The van der Waals surface area contributed by atoms with Crippen LogP contribution in [0.4, 0.5) is 29.1 Å². The van der Waals surface area contributed by atoms with Gasteiger partial charge in [-0.3, -0.25) is 9.62 Å². The standard InChI is InChI=1S/C23H24ClFN4O2S2.C2HF3O2/c1-28(16-10-11-29(12-16)18-7-6-15-4-2-3-5-17(15)18)19-8-9-20(23(25)22(19)24)33(30,31)27-21-13-32-14-26-21;3-2(4,5)1(6)7/h2-5,8-9,13-14,16,18,27H,6-7,10-12H2,1H3;(H,6,7)/t16-,18-;/m0./s1. The number of aliphatic carboxylic acids is 1. The largest absolute Gasteiger partial charge is 0.490 e. The Morgan fingerprint density at radius 2 is 1.93 bits per heavy atom. The summed E-state index contributed by atoms with van der Waals surface area (Å²) in [6, 6.07) is 12.0. The van der Waals surface area contributed by atoms with Crippen molar-refractivity contribution < 1.29 is 35.9 Å². The average Bonchev–Trinajstić information content (AvgIpc) is 3.65. The van der Waals surface area contributed by atoms with Crippen molar-refractivity contribution in [3.8, 4) is 0 Å². The molecular formula is C25H25ClF4N4O4S2. The Kier molecular flexibility index (Phi) is 8.93. The molecule has 2 aliphatic rings. The number of alkyl halides is 3. The molecule has 0 saturated carbocycles. The lowest BCUT2D eigenvalue weighted by Gasteiger charge is -2.30. The Labute approximate surface area is 237 Å². The van der Waals surface area contributed by atoms with Gasteiger partial charge in [0, 0.05) is 37.6 Å². The monoisotopic (exact) mass is 620 g/mol. The van der Waals surface area contributed by atoms with Crippen molar-refractivity contribution in [3.63, 3.8) is 0 Å². The van der Waals surface area contributed by atoms with Gasteiger partial charge in [-0.1, -0.05) is 35.9 Å². The summed E-state index contributed by atoms with van der Waals surface area (Å²) in [4.78, 5) is 16.8. The number of likely N-dealkylation sites (N-methyl/N-ethyl adjacent to an activating group) is 1.